The van der Waals surface area contributed by atoms with Crippen LogP contribution >= 0.6 is 11.8 Å². The molecule has 0 spiro atoms. The third-order valence-electron chi connectivity index (χ3n) is 5.92. The minimum atomic E-state index is -0.375. The van der Waals surface area contributed by atoms with Gasteiger partial charge in [0.15, 0.2) is 10.9 Å². The van der Waals surface area contributed by atoms with Gasteiger partial charge in [0, 0.05) is 5.56 Å². The van der Waals surface area contributed by atoms with Crippen LogP contribution in [0.3, 0.4) is 0 Å². The monoisotopic (exact) mass is 454 g/mol. The van der Waals surface area contributed by atoms with Gasteiger partial charge in [0.2, 0.25) is 5.78 Å². The van der Waals surface area contributed by atoms with Gasteiger partial charge in [0.05, 0.1) is 21.8 Å². The minimum Gasteiger partial charge on any atom is -0.293 e. The topological polar surface area (TPSA) is 69.3 Å². The first kappa shape index (κ1) is 21.2. The number of hydrogen-bond acceptors (Lipinski definition) is 5. The molecule has 7 heteroatoms. The van der Waals surface area contributed by atoms with Gasteiger partial charge >= 0.3 is 0 Å². The lowest BCUT2D eigenvalue weighted by atomic mass is 10.1. The molecule has 0 N–H and O–H groups in total. The predicted octanol–water partition coefficient (Wildman–Crippen LogP) is 5.01. The Bertz CT molecular complexity index is 1570. The molecule has 0 bridgehead atoms. The number of ketones is 1. The Morgan fingerprint density at radius 2 is 1.64 bits per heavy atom. The van der Waals surface area contributed by atoms with E-state index >= 15 is 0 Å². The average Bonchev–Trinajstić information content (AvgIpc) is 3.25. The van der Waals surface area contributed by atoms with Crippen LogP contribution in [0.1, 0.15) is 28.4 Å². The summed E-state index contributed by atoms with van der Waals surface area (Å²) in [7, 11) is 0. The fourth-order valence-corrected chi connectivity index (χ4v) is 4.93. The highest BCUT2D eigenvalue weighted by Crippen LogP contribution is 2.28. The van der Waals surface area contributed by atoms with E-state index in [2.05, 4.69) is 10.2 Å². The number of fused-ring (bicyclic) bond motifs is 3. The highest BCUT2D eigenvalue weighted by atomic mass is 32.2. The second-order valence-corrected chi connectivity index (χ2v) is 9.29. The number of hydrogen-bond donors (Lipinski definition) is 0. The number of nitrogens with zero attached hydrogens (tertiary/aromatic N) is 4. The molecule has 2 heterocycles. The van der Waals surface area contributed by atoms with Crippen LogP contribution in [0, 0.1) is 13.8 Å². The lowest BCUT2D eigenvalue weighted by molar-refractivity contribution is 0.0994. The molecule has 0 saturated carbocycles. The lowest BCUT2D eigenvalue weighted by Gasteiger charge is -2.15. The highest BCUT2D eigenvalue weighted by Gasteiger charge is 2.23. The van der Waals surface area contributed by atoms with Gasteiger partial charge in [-0.25, -0.2) is 4.57 Å². The molecule has 0 amide bonds. The van der Waals surface area contributed by atoms with Crippen LogP contribution < -0.4 is 5.56 Å². The zero-order valence-corrected chi connectivity index (χ0v) is 19.3. The van der Waals surface area contributed by atoms with Crippen LogP contribution in [0.15, 0.2) is 82.7 Å². The standard InChI is InChI=1S/C26H22N4O2S/c1-16-10-9-15-21(17(16)2)29-24(32)20-13-7-8-14-22(20)30-25(29)27-28-26(30)33-18(3)23(31)19-11-5-4-6-12-19/h4-15,18H,1-3H3. The largest absolute Gasteiger partial charge is 0.293 e. The van der Waals surface area contributed by atoms with Crippen molar-refractivity contribution in [2.45, 2.75) is 31.2 Å². The zero-order chi connectivity index (χ0) is 23.1. The summed E-state index contributed by atoms with van der Waals surface area (Å²) >= 11 is 1.34. The third kappa shape index (κ3) is 3.54. The number of aryl methyl sites for hydroxylation is 1. The van der Waals surface area contributed by atoms with Gasteiger partial charge in [-0.05, 0) is 50.1 Å². The van der Waals surface area contributed by atoms with Crippen molar-refractivity contribution in [1.82, 2.24) is 19.2 Å². The molecule has 0 saturated heterocycles. The second-order valence-electron chi connectivity index (χ2n) is 7.99. The Kier molecular flexibility index (Phi) is 5.34. The molecule has 5 rings (SSSR count). The van der Waals surface area contributed by atoms with E-state index in [1.54, 1.807) is 4.57 Å². The van der Waals surface area contributed by atoms with Crippen LogP contribution in [0.4, 0.5) is 0 Å². The van der Waals surface area contributed by atoms with Crippen molar-refractivity contribution in [3.63, 3.8) is 0 Å². The minimum absolute atomic E-state index is 0.0181. The summed E-state index contributed by atoms with van der Waals surface area (Å²) in [6.45, 7) is 5.88. The number of thioether (sulfide) groups is 1. The van der Waals surface area contributed by atoms with E-state index in [1.807, 2.05) is 98.0 Å². The Hall–Kier alpha value is -3.71. The quantitative estimate of drug-likeness (QED) is 0.276. The summed E-state index contributed by atoms with van der Waals surface area (Å²) in [6, 6.07) is 22.5. The summed E-state index contributed by atoms with van der Waals surface area (Å²) in [6.07, 6.45) is 0. The predicted molar refractivity (Wildman–Crippen MR) is 132 cm³/mol. The molecule has 2 aromatic heterocycles. The van der Waals surface area contributed by atoms with Gasteiger partial charge < -0.3 is 0 Å². The Balaban J connectivity index is 1.72. The van der Waals surface area contributed by atoms with Crippen molar-refractivity contribution in [2.75, 3.05) is 0 Å². The maximum Gasteiger partial charge on any atom is 0.267 e. The number of carbonyl (C=O) groups is 1. The van der Waals surface area contributed by atoms with Gasteiger partial charge in [-0.1, -0.05) is 66.4 Å². The van der Waals surface area contributed by atoms with Crippen molar-refractivity contribution in [2.24, 2.45) is 0 Å². The van der Waals surface area contributed by atoms with Crippen LogP contribution in [0.5, 0.6) is 0 Å². The van der Waals surface area contributed by atoms with Crippen LogP contribution in [-0.4, -0.2) is 30.2 Å². The maximum atomic E-state index is 13.6. The number of benzene rings is 3. The van der Waals surface area contributed by atoms with E-state index < -0.39 is 0 Å². The summed E-state index contributed by atoms with van der Waals surface area (Å²) in [5, 5.41) is 9.57. The van der Waals surface area contributed by atoms with Crippen LogP contribution in [0.2, 0.25) is 0 Å². The van der Waals surface area contributed by atoms with E-state index in [0.717, 1.165) is 16.8 Å². The normalized spacial score (nSPS) is 12.3. The van der Waals surface area contributed by atoms with Crippen molar-refractivity contribution in [1.29, 1.82) is 0 Å². The Morgan fingerprint density at radius 1 is 0.909 bits per heavy atom. The van der Waals surface area contributed by atoms with Crippen molar-refractivity contribution in [3.8, 4) is 5.69 Å². The molecule has 5 aromatic rings. The summed E-state index contributed by atoms with van der Waals surface area (Å²) in [5.74, 6) is 0.443. The highest BCUT2D eigenvalue weighted by molar-refractivity contribution is 8.00. The average molecular weight is 455 g/mol. The SMILES string of the molecule is Cc1cccc(-n2c(=O)c3ccccc3n3c(SC(C)C(=O)c4ccccc4)nnc23)c1C. The molecule has 0 fully saturated rings. The Morgan fingerprint density at radius 3 is 2.42 bits per heavy atom. The summed E-state index contributed by atoms with van der Waals surface area (Å²) in [4.78, 5) is 26.5. The van der Waals surface area contributed by atoms with Gasteiger partial charge in [0.1, 0.15) is 0 Å². The maximum absolute atomic E-state index is 13.6. The van der Waals surface area contributed by atoms with E-state index in [-0.39, 0.29) is 16.6 Å². The molecule has 0 radical (unpaired) electrons. The van der Waals surface area contributed by atoms with Crippen molar-refractivity contribution >= 4 is 34.2 Å². The first-order chi connectivity index (χ1) is 16.0. The molecule has 1 unspecified atom stereocenters. The fourth-order valence-electron chi connectivity index (χ4n) is 4.00. The molecular weight excluding hydrogens is 432 g/mol. The molecular formula is C26H22N4O2S. The zero-order valence-electron chi connectivity index (χ0n) is 18.5. The first-order valence-corrected chi connectivity index (χ1v) is 11.6. The van der Waals surface area contributed by atoms with Crippen molar-refractivity contribution in [3.05, 3.63) is 99.8 Å². The molecule has 1 atom stereocenters. The van der Waals surface area contributed by atoms with Gasteiger partial charge in [-0.2, -0.15) is 0 Å². The van der Waals surface area contributed by atoms with Gasteiger partial charge in [0.25, 0.3) is 5.56 Å². The van der Waals surface area contributed by atoms with E-state index in [0.29, 0.717) is 27.4 Å². The molecule has 0 aliphatic heterocycles. The van der Waals surface area contributed by atoms with Gasteiger partial charge in [-0.15, -0.1) is 10.2 Å². The number of Topliss-reactive ketones (excluding diaryl/α,β-unsaturated/α-hetero) is 1. The number of para-hydroxylation sites is 1. The molecule has 3 aromatic carbocycles. The molecule has 0 aliphatic carbocycles. The molecule has 164 valence electrons. The molecule has 33 heavy (non-hydrogen) atoms. The van der Waals surface area contributed by atoms with E-state index in [9.17, 15) is 9.59 Å². The first-order valence-electron chi connectivity index (χ1n) is 10.7. The fraction of sp³-hybridized carbons (Fsp3) is 0.154. The summed E-state index contributed by atoms with van der Waals surface area (Å²) < 4.78 is 3.49. The van der Waals surface area contributed by atoms with Gasteiger partial charge in [-0.3, -0.25) is 14.0 Å². The summed E-state index contributed by atoms with van der Waals surface area (Å²) in [5.41, 5.74) is 4.08. The van der Waals surface area contributed by atoms with Crippen molar-refractivity contribution < 1.29 is 4.79 Å². The smallest absolute Gasteiger partial charge is 0.267 e. The van der Waals surface area contributed by atoms with E-state index in [1.165, 1.54) is 11.8 Å². The Labute approximate surface area is 194 Å². The molecule has 6 nitrogen and oxygen atoms in total. The number of rotatable bonds is 5. The lowest BCUT2D eigenvalue weighted by Crippen LogP contribution is -2.23. The number of aromatic nitrogens is 4. The van der Waals surface area contributed by atoms with Crippen LogP contribution in [-0.2, 0) is 0 Å². The second kappa shape index (κ2) is 8.33. The number of carbonyl (C=O) groups excluding carboxylic acids is 1. The van der Waals surface area contributed by atoms with Crippen LogP contribution in [0.25, 0.3) is 22.4 Å². The van der Waals surface area contributed by atoms with E-state index in [4.69, 9.17) is 0 Å². The third-order valence-corrected chi connectivity index (χ3v) is 6.96. The molecule has 0 aliphatic rings.